The highest BCUT2D eigenvalue weighted by Gasteiger charge is 2.27. The number of nitrogens with zero attached hydrogens (tertiary/aromatic N) is 2. The topological polar surface area (TPSA) is 84.0 Å². The molecule has 2 rings (SSSR count). The van der Waals surface area contributed by atoms with E-state index in [-0.39, 0.29) is 9.79 Å². The molecule has 0 amide bonds. The van der Waals surface area contributed by atoms with Gasteiger partial charge in [0.05, 0.1) is 16.9 Å². The molecular formula is C21H30N2O5S2. The Kier molecular flexibility index (Phi) is 8.04. The van der Waals surface area contributed by atoms with Crippen molar-refractivity contribution in [3.05, 3.63) is 42.5 Å². The lowest BCUT2D eigenvalue weighted by atomic mass is 10.1. The Morgan fingerprint density at radius 3 is 1.70 bits per heavy atom. The Hall–Kier alpha value is -1.94. The van der Waals surface area contributed by atoms with Crippen molar-refractivity contribution < 1.29 is 21.6 Å². The second-order valence-electron chi connectivity index (χ2n) is 6.57. The molecule has 0 saturated heterocycles. The molecule has 0 fully saturated rings. The molecule has 0 aliphatic heterocycles. The normalized spacial score (nSPS) is 12.5. The zero-order chi connectivity index (χ0) is 22.5. The van der Waals surface area contributed by atoms with Crippen molar-refractivity contribution in [2.45, 2.75) is 37.5 Å². The zero-order valence-electron chi connectivity index (χ0n) is 18.1. The van der Waals surface area contributed by atoms with Crippen molar-refractivity contribution in [3.8, 4) is 16.9 Å². The predicted octanol–water partition coefficient (Wildman–Crippen LogP) is 3.42. The molecular weight excluding hydrogens is 424 g/mol. The summed E-state index contributed by atoms with van der Waals surface area (Å²) >= 11 is 0. The Balaban J connectivity index is 2.60. The van der Waals surface area contributed by atoms with Gasteiger partial charge in [-0.05, 0) is 29.8 Å². The third-order valence-electron chi connectivity index (χ3n) is 5.02. The summed E-state index contributed by atoms with van der Waals surface area (Å²) < 4.78 is 59.9. The van der Waals surface area contributed by atoms with Gasteiger partial charge in [0.2, 0.25) is 20.0 Å². The molecule has 30 heavy (non-hydrogen) atoms. The highest BCUT2D eigenvalue weighted by atomic mass is 32.2. The summed E-state index contributed by atoms with van der Waals surface area (Å²) in [5.41, 5.74) is 1.11. The fourth-order valence-electron chi connectivity index (χ4n) is 3.30. The summed E-state index contributed by atoms with van der Waals surface area (Å²) in [4.78, 5) is 0.307. The molecule has 0 radical (unpaired) electrons. The van der Waals surface area contributed by atoms with Crippen LogP contribution in [0.3, 0.4) is 0 Å². The average molecular weight is 455 g/mol. The van der Waals surface area contributed by atoms with Gasteiger partial charge < -0.3 is 4.74 Å². The first-order valence-electron chi connectivity index (χ1n) is 9.96. The lowest BCUT2D eigenvalue weighted by Gasteiger charge is -2.21. The van der Waals surface area contributed by atoms with Crippen LogP contribution in [0.2, 0.25) is 0 Å². The fraction of sp³-hybridized carbons (Fsp3) is 0.429. The molecule has 166 valence electrons. The lowest BCUT2D eigenvalue weighted by Crippen LogP contribution is -2.31. The van der Waals surface area contributed by atoms with Crippen LogP contribution in [-0.4, -0.2) is 58.7 Å². The minimum absolute atomic E-state index is 0.130. The first kappa shape index (κ1) is 24.3. The predicted molar refractivity (Wildman–Crippen MR) is 119 cm³/mol. The van der Waals surface area contributed by atoms with E-state index in [4.69, 9.17) is 4.74 Å². The number of sulfonamides is 2. The van der Waals surface area contributed by atoms with Crippen molar-refractivity contribution >= 4 is 20.0 Å². The van der Waals surface area contributed by atoms with Crippen LogP contribution in [0.15, 0.2) is 52.3 Å². The van der Waals surface area contributed by atoms with Crippen molar-refractivity contribution in [3.63, 3.8) is 0 Å². The zero-order valence-corrected chi connectivity index (χ0v) is 19.8. The summed E-state index contributed by atoms with van der Waals surface area (Å²) in [6.07, 6.45) is 0. The first-order valence-corrected chi connectivity index (χ1v) is 12.8. The average Bonchev–Trinajstić information content (AvgIpc) is 2.74. The SMILES string of the molecule is CCN(CC)S(=O)(=O)c1ccc(-c2ccc(OC)cc2S(=O)(=O)N(CC)CC)cc1. The van der Waals surface area contributed by atoms with E-state index in [0.717, 1.165) is 0 Å². The van der Waals surface area contributed by atoms with E-state index >= 15 is 0 Å². The Morgan fingerprint density at radius 2 is 1.23 bits per heavy atom. The van der Waals surface area contributed by atoms with Crippen molar-refractivity contribution in [1.29, 1.82) is 0 Å². The number of hydrogen-bond acceptors (Lipinski definition) is 5. The number of rotatable bonds is 10. The molecule has 0 saturated carbocycles. The van der Waals surface area contributed by atoms with E-state index in [1.54, 1.807) is 52.0 Å². The van der Waals surface area contributed by atoms with E-state index in [9.17, 15) is 16.8 Å². The van der Waals surface area contributed by atoms with Gasteiger partial charge in [0.25, 0.3) is 0 Å². The molecule has 0 atom stereocenters. The third kappa shape index (κ3) is 4.69. The minimum atomic E-state index is -3.75. The molecule has 0 unspecified atom stereocenters. The summed E-state index contributed by atoms with van der Waals surface area (Å²) in [6.45, 7) is 8.60. The summed E-state index contributed by atoms with van der Waals surface area (Å²) in [7, 11) is -5.85. The van der Waals surface area contributed by atoms with Gasteiger partial charge in [0.15, 0.2) is 0 Å². The van der Waals surface area contributed by atoms with E-state index < -0.39 is 20.0 Å². The van der Waals surface area contributed by atoms with Crippen molar-refractivity contribution in [1.82, 2.24) is 8.61 Å². The van der Waals surface area contributed by atoms with Gasteiger partial charge in [-0.1, -0.05) is 39.8 Å². The van der Waals surface area contributed by atoms with Gasteiger partial charge in [-0.2, -0.15) is 8.61 Å². The second-order valence-corrected chi connectivity index (χ2v) is 10.4. The maximum Gasteiger partial charge on any atom is 0.243 e. The van der Waals surface area contributed by atoms with Gasteiger partial charge in [-0.25, -0.2) is 16.8 Å². The molecule has 7 nitrogen and oxygen atoms in total. The van der Waals surface area contributed by atoms with Gasteiger partial charge in [0, 0.05) is 37.8 Å². The van der Waals surface area contributed by atoms with E-state index in [1.807, 2.05) is 0 Å². The Bertz CT molecular complexity index is 1060. The number of hydrogen-bond donors (Lipinski definition) is 0. The van der Waals surface area contributed by atoms with Crippen LogP contribution in [0.25, 0.3) is 11.1 Å². The Labute approximate surface area is 180 Å². The molecule has 0 aromatic heterocycles. The third-order valence-corrected chi connectivity index (χ3v) is 9.17. The molecule has 0 heterocycles. The summed E-state index contributed by atoms with van der Waals surface area (Å²) in [5.74, 6) is 0.435. The van der Waals surface area contributed by atoms with Crippen LogP contribution in [0, 0.1) is 0 Å². The number of benzene rings is 2. The van der Waals surface area contributed by atoms with Crippen LogP contribution in [-0.2, 0) is 20.0 Å². The highest BCUT2D eigenvalue weighted by molar-refractivity contribution is 7.89. The maximum absolute atomic E-state index is 13.2. The largest absolute Gasteiger partial charge is 0.497 e. The maximum atomic E-state index is 13.2. The molecule has 0 aliphatic rings. The summed E-state index contributed by atoms with van der Waals surface area (Å²) in [6, 6.07) is 11.2. The molecule has 9 heteroatoms. The number of ether oxygens (including phenoxy) is 1. The molecule has 2 aromatic carbocycles. The minimum Gasteiger partial charge on any atom is -0.497 e. The van der Waals surface area contributed by atoms with E-state index in [0.29, 0.717) is 43.1 Å². The van der Waals surface area contributed by atoms with Gasteiger partial charge in [-0.3, -0.25) is 0 Å². The van der Waals surface area contributed by atoms with Gasteiger partial charge in [0.1, 0.15) is 5.75 Å². The van der Waals surface area contributed by atoms with Crippen LogP contribution in [0.5, 0.6) is 5.75 Å². The quantitative estimate of drug-likeness (QED) is 0.549. The van der Waals surface area contributed by atoms with Gasteiger partial charge >= 0.3 is 0 Å². The Morgan fingerprint density at radius 1 is 0.733 bits per heavy atom. The molecule has 0 N–H and O–H groups in total. The van der Waals surface area contributed by atoms with E-state index in [1.165, 1.54) is 33.9 Å². The molecule has 0 aliphatic carbocycles. The van der Waals surface area contributed by atoms with Crippen LogP contribution in [0.1, 0.15) is 27.7 Å². The lowest BCUT2D eigenvalue weighted by molar-refractivity contribution is 0.412. The van der Waals surface area contributed by atoms with Gasteiger partial charge in [-0.15, -0.1) is 0 Å². The molecule has 0 spiro atoms. The smallest absolute Gasteiger partial charge is 0.243 e. The van der Waals surface area contributed by atoms with Crippen LogP contribution in [0.4, 0.5) is 0 Å². The van der Waals surface area contributed by atoms with Crippen molar-refractivity contribution in [2.75, 3.05) is 33.3 Å². The second kappa shape index (κ2) is 9.91. The molecule has 0 bridgehead atoms. The number of methoxy groups -OCH3 is 1. The summed E-state index contributed by atoms with van der Waals surface area (Å²) in [5, 5.41) is 0. The van der Waals surface area contributed by atoms with Crippen molar-refractivity contribution in [2.24, 2.45) is 0 Å². The standard InChI is InChI=1S/C21H30N2O5S2/c1-6-22(7-2)29(24,25)19-13-10-17(11-14-19)20-15-12-18(28-5)16-21(20)30(26,27)23(8-3)9-4/h10-16H,6-9H2,1-5H3. The van der Waals surface area contributed by atoms with Crippen LogP contribution >= 0.6 is 0 Å². The molecule has 2 aromatic rings. The fourth-order valence-corrected chi connectivity index (χ4v) is 6.45. The van der Waals surface area contributed by atoms with Crippen LogP contribution < -0.4 is 4.74 Å². The first-order chi connectivity index (χ1) is 14.2. The monoisotopic (exact) mass is 454 g/mol. The van der Waals surface area contributed by atoms with E-state index in [2.05, 4.69) is 0 Å². The highest BCUT2D eigenvalue weighted by Crippen LogP contribution is 2.33.